The molecule has 2 N–H and O–H groups in total. The SMILES string of the molecule is O=C(O)Cc1cccc(Oc2cc(=O)[nH]c(C3CC3)n2)c1. The maximum atomic E-state index is 11.6. The van der Waals surface area contributed by atoms with Gasteiger partial charge in [-0.25, -0.2) is 0 Å². The Morgan fingerprint density at radius 2 is 2.19 bits per heavy atom. The van der Waals surface area contributed by atoms with Crippen LogP contribution in [0.1, 0.15) is 30.1 Å². The van der Waals surface area contributed by atoms with Crippen LogP contribution in [0.15, 0.2) is 35.1 Å². The van der Waals surface area contributed by atoms with Crippen LogP contribution in [0.4, 0.5) is 0 Å². The van der Waals surface area contributed by atoms with E-state index in [0.29, 0.717) is 23.1 Å². The second kappa shape index (κ2) is 5.40. The van der Waals surface area contributed by atoms with Crippen LogP contribution >= 0.6 is 0 Å². The van der Waals surface area contributed by atoms with Gasteiger partial charge in [-0.05, 0) is 30.5 Å². The number of rotatable bonds is 5. The molecule has 1 aromatic carbocycles. The van der Waals surface area contributed by atoms with Crippen LogP contribution in [-0.2, 0) is 11.2 Å². The van der Waals surface area contributed by atoms with Gasteiger partial charge >= 0.3 is 5.97 Å². The third kappa shape index (κ3) is 3.47. The Bertz CT molecular complexity index is 734. The van der Waals surface area contributed by atoms with Crippen molar-refractivity contribution in [3.8, 4) is 11.6 Å². The molecule has 21 heavy (non-hydrogen) atoms. The fourth-order valence-corrected chi connectivity index (χ4v) is 2.07. The largest absolute Gasteiger partial charge is 0.481 e. The summed E-state index contributed by atoms with van der Waals surface area (Å²) >= 11 is 0. The van der Waals surface area contributed by atoms with E-state index in [-0.39, 0.29) is 17.9 Å². The number of carboxylic acids is 1. The number of benzene rings is 1. The molecular formula is C15H14N2O4. The summed E-state index contributed by atoms with van der Waals surface area (Å²) in [7, 11) is 0. The molecule has 0 aliphatic heterocycles. The zero-order valence-corrected chi connectivity index (χ0v) is 11.2. The Kier molecular flexibility index (Phi) is 3.43. The molecule has 2 aromatic rings. The minimum absolute atomic E-state index is 0.0761. The highest BCUT2D eigenvalue weighted by Crippen LogP contribution is 2.38. The van der Waals surface area contributed by atoms with Gasteiger partial charge in [-0.3, -0.25) is 9.59 Å². The summed E-state index contributed by atoms with van der Waals surface area (Å²) in [6, 6.07) is 8.04. The molecule has 0 bridgehead atoms. The monoisotopic (exact) mass is 286 g/mol. The molecule has 0 spiro atoms. The van der Waals surface area contributed by atoms with E-state index in [1.165, 1.54) is 6.07 Å². The summed E-state index contributed by atoms with van der Waals surface area (Å²) in [5.74, 6) is 0.762. The van der Waals surface area contributed by atoms with Crippen molar-refractivity contribution in [2.24, 2.45) is 0 Å². The van der Waals surface area contributed by atoms with Crippen molar-refractivity contribution in [2.75, 3.05) is 0 Å². The average Bonchev–Trinajstić information content (AvgIpc) is 3.21. The summed E-state index contributed by atoms with van der Waals surface area (Å²) in [6.07, 6.45) is 1.98. The fourth-order valence-electron chi connectivity index (χ4n) is 2.07. The van der Waals surface area contributed by atoms with E-state index in [1.807, 2.05) is 0 Å². The molecule has 0 amide bonds. The van der Waals surface area contributed by atoms with Crippen molar-refractivity contribution in [3.63, 3.8) is 0 Å². The van der Waals surface area contributed by atoms with Crippen LogP contribution in [0, 0.1) is 0 Å². The number of carbonyl (C=O) groups is 1. The first kappa shape index (κ1) is 13.4. The molecule has 1 fully saturated rings. The van der Waals surface area contributed by atoms with Gasteiger partial charge in [0.1, 0.15) is 11.6 Å². The Labute approximate surface area is 120 Å². The van der Waals surface area contributed by atoms with E-state index >= 15 is 0 Å². The lowest BCUT2D eigenvalue weighted by Gasteiger charge is -2.07. The van der Waals surface area contributed by atoms with Crippen molar-refractivity contribution in [2.45, 2.75) is 25.2 Å². The summed E-state index contributed by atoms with van der Waals surface area (Å²) in [6.45, 7) is 0. The first-order valence-corrected chi connectivity index (χ1v) is 6.70. The molecule has 3 rings (SSSR count). The van der Waals surface area contributed by atoms with Gasteiger partial charge in [0.25, 0.3) is 5.56 Å². The Hall–Kier alpha value is -2.63. The molecule has 6 nitrogen and oxygen atoms in total. The van der Waals surface area contributed by atoms with Crippen molar-refractivity contribution in [1.29, 1.82) is 0 Å². The summed E-state index contributed by atoms with van der Waals surface area (Å²) in [4.78, 5) is 29.3. The molecule has 1 aliphatic rings. The second-order valence-corrected chi connectivity index (χ2v) is 5.06. The average molecular weight is 286 g/mol. The minimum atomic E-state index is -0.905. The maximum absolute atomic E-state index is 11.6. The molecular weight excluding hydrogens is 272 g/mol. The van der Waals surface area contributed by atoms with Crippen LogP contribution < -0.4 is 10.3 Å². The summed E-state index contributed by atoms with van der Waals surface area (Å²) in [5, 5.41) is 8.79. The third-order valence-electron chi connectivity index (χ3n) is 3.18. The van der Waals surface area contributed by atoms with Crippen molar-refractivity contribution < 1.29 is 14.6 Å². The number of carboxylic acid groups (broad SMARTS) is 1. The van der Waals surface area contributed by atoms with Gasteiger partial charge in [-0.15, -0.1) is 0 Å². The van der Waals surface area contributed by atoms with E-state index in [2.05, 4.69) is 9.97 Å². The number of aromatic amines is 1. The molecule has 1 heterocycles. The highest BCUT2D eigenvalue weighted by atomic mass is 16.5. The molecule has 0 saturated heterocycles. The zero-order valence-electron chi connectivity index (χ0n) is 11.2. The smallest absolute Gasteiger partial charge is 0.307 e. The van der Waals surface area contributed by atoms with Crippen molar-refractivity contribution >= 4 is 5.97 Å². The normalized spacial score (nSPS) is 13.9. The van der Waals surface area contributed by atoms with Crippen molar-refractivity contribution in [1.82, 2.24) is 9.97 Å². The first-order valence-electron chi connectivity index (χ1n) is 6.70. The molecule has 0 atom stereocenters. The maximum Gasteiger partial charge on any atom is 0.307 e. The van der Waals surface area contributed by atoms with Gasteiger partial charge in [0.2, 0.25) is 5.88 Å². The Morgan fingerprint density at radius 3 is 2.90 bits per heavy atom. The topological polar surface area (TPSA) is 92.3 Å². The highest BCUT2D eigenvalue weighted by molar-refractivity contribution is 5.70. The minimum Gasteiger partial charge on any atom is -0.481 e. The van der Waals surface area contributed by atoms with E-state index < -0.39 is 5.97 Å². The molecule has 1 saturated carbocycles. The van der Waals surface area contributed by atoms with E-state index in [9.17, 15) is 9.59 Å². The van der Waals surface area contributed by atoms with E-state index in [0.717, 1.165) is 12.8 Å². The van der Waals surface area contributed by atoms with Gasteiger partial charge in [0.15, 0.2) is 0 Å². The zero-order chi connectivity index (χ0) is 14.8. The van der Waals surface area contributed by atoms with Gasteiger partial charge in [-0.2, -0.15) is 4.98 Å². The lowest BCUT2D eigenvalue weighted by molar-refractivity contribution is -0.136. The molecule has 108 valence electrons. The lowest BCUT2D eigenvalue weighted by atomic mass is 10.1. The van der Waals surface area contributed by atoms with Crippen LogP contribution in [0.3, 0.4) is 0 Å². The molecule has 6 heteroatoms. The van der Waals surface area contributed by atoms with Crippen LogP contribution in [0.25, 0.3) is 0 Å². The number of nitrogens with zero attached hydrogens (tertiary/aromatic N) is 1. The van der Waals surface area contributed by atoms with Crippen molar-refractivity contribution in [3.05, 3.63) is 52.1 Å². The van der Waals surface area contributed by atoms with Gasteiger partial charge in [-0.1, -0.05) is 12.1 Å². The number of aliphatic carboxylic acids is 1. The summed E-state index contributed by atoms with van der Waals surface area (Å²) < 4.78 is 5.58. The van der Waals surface area contributed by atoms with Crippen LogP contribution in [0.2, 0.25) is 0 Å². The predicted octanol–water partition coefficient (Wildman–Crippen LogP) is 2.07. The molecule has 0 unspecified atom stereocenters. The third-order valence-corrected chi connectivity index (χ3v) is 3.18. The Balaban J connectivity index is 1.82. The van der Waals surface area contributed by atoms with E-state index in [1.54, 1.807) is 24.3 Å². The first-order chi connectivity index (χ1) is 10.1. The molecule has 1 aromatic heterocycles. The summed E-state index contributed by atoms with van der Waals surface area (Å²) in [5.41, 5.74) is 0.385. The highest BCUT2D eigenvalue weighted by Gasteiger charge is 2.26. The number of aromatic nitrogens is 2. The molecule has 1 aliphatic carbocycles. The van der Waals surface area contributed by atoms with Crippen LogP contribution in [-0.4, -0.2) is 21.0 Å². The number of H-pyrrole nitrogens is 1. The standard InChI is InChI=1S/C15H14N2O4/c18-12-8-13(17-15(16-12)10-4-5-10)21-11-3-1-2-9(6-11)7-14(19)20/h1-3,6,8,10H,4-5,7H2,(H,19,20)(H,16,17,18). The van der Waals surface area contributed by atoms with Crippen LogP contribution in [0.5, 0.6) is 11.6 Å². The predicted molar refractivity (Wildman–Crippen MR) is 74.7 cm³/mol. The van der Waals surface area contributed by atoms with E-state index in [4.69, 9.17) is 9.84 Å². The molecule has 0 radical (unpaired) electrons. The number of hydrogen-bond acceptors (Lipinski definition) is 4. The number of ether oxygens (including phenoxy) is 1. The fraction of sp³-hybridized carbons (Fsp3) is 0.267. The van der Waals surface area contributed by atoms with Gasteiger partial charge < -0.3 is 14.8 Å². The van der Waals surface area contributed by atoms with Gasteiger partial charge in [0, 0.05) is 5.92 Å². The Morgan fingerprint density at radius 1 is 1.38 bits per heavy atom. The van der Waals surface area contributed by atoms with Gasteiger partial charge in [0.05, 0.1) is 12.5 Å². The number of nitrogens with one attached hydrogen (secondary N) is 1. The number of hydrogen-bond donors (Lipinski definition) is 2. The quantitative estimate of drug-likeness (QED) is 0.877. The lowest BCUT2D eigenvalue weighted by Crippen LogP contribution is -2.10. The second-order valence-electron chi connectivity index (χ2n) is 5.06.